The third-order valence-corrected chi connectivity index (χ3v) is 3.50. The molecule has 0 atom stereocenters. The molecule has 9 heteroatoms. The number of alkyl halides is 3. The number of nitrogens with one attached hydrogen (secondary N) is 1. The maximum absolute atomic E-state index is 12.3. The van der Waals surface area contributed by atoms with Crippen molar-refractivity contribution in [2.45, 2.75) is 19.2 Å². The van der Waals surface area contributed by atoms with E-state index < -0.39 is 29.4 Å². The minimum absolute atomic E-state index is 0.153. The molecule has 1 aliphatic rings. The van der Waals surface area contributed by atoms with Crippen molar-refractivity contribution >= 4 is 33.5 Å². The van der Waals surface area contributed by atoms with Gasteiger partial charge in [0.15, 0.2) is 5.75 Å². The molecule has 1 amide bonds. The fourth-order valence-corrected chi connectivity index (χ4v) is 2.05. The molecule has 0 heterocycles. The standard InChI is InChI=1S/C12H9BrF3NO4/c13-6-1-2-7(8(5-6)21-12(14,15)16)17-9(18)11(3-4-11)10(19)20/h1-2,5H,3-4H2,(H,17,18)(H,19,20). The quantitative estimate of drug-likeness (QED) is 0.801. The Bertz CT molecular complexity index is 599. The number of carboxylic acid groups (broad SMARTS) is 1. The minimum atomic E-state index is -4.93. The molecule has 2 rings (SSSR count). The summed E-state index contributed by atoms with van der Waals surface area (Å²) in [7, 11) is 0. The van der Waals surface area contributed by atoms with Crippen LogP contribution in [-0.4, -0.2) is 23.3 Å². The van der Waals surface area contributed by atoms with Crippen molar-refractivity contribution in [3.63, 3.8) is 0 Å². The highest BCUT2D eigenvalue weighted by Gasteiger charge is 2.57. The van der Waals surface area contributed by atoms with Crippen LogP contribution in [0.3, 0.4) is 0 Å². The molecule has 1 saturated carbocycles. The van der Waals surface area contributed by atoms with Gasteiger partial charge in [-0.2, -0.15) is 0 Å². The highest BCUT2D eigenvalue weighted by atomic mass is 79.9. The number of benzene rings is 1. The molecule has 114 valence electrons. The molecule has 1 aromatic carbocycles. The van der Waals surface area contributed by atoms with Gasteiger partial charge >= 0.3 is 12.3 Å². The highest BCUT2D eigenvalue weighted by Crippen LogP contribution is 2.47. The lowest BCUT2D eigenvalue weighted by Gasteiger charge is -2.16. The smallest absolute Gasteiger partial charge is 0.480 e. The Morgan fingerprint density at radius 2 is 1.95 bits per heavy atom. The second-order valence-electron chi connectivity index (χ2n) is 4.53. The van der Waals surface area contributed by atoms with E-state index in [1.165, 1.54) is 12.1 Å². The van der Waals surface area contributed by atoms with E-state index in [9.17, 15) is 22.8 Å². The maximum atomic E-state index is 12.3. The number of carbonyl (C=O) groups excluding carboxylic acids is 1. The summed E-state index contributed by atoms with van der Waals surface area (Å²) in [5.41, 5.74) is -1.80. The van der Waals surface area contributed by atoms with Gasteiger partial charge in [-0.05, 0) is 31.0 Å². The number of ether oxygens (including phenoxy) is 1. The fraction of sp³-hybridized carbons (Fsp3) is 0.333. The molecular weight excluding hydrogens is 359 g/mol. The molecular formula is C12H9BrF3NO4. The number of aliphatic carboxylic acids is 1. The Hall–Kier alpha value is -1.77. The normalized spacial score (nSPS) is 16.2. The predicted molar refractivity (Wildman–Crippen MR) is 68.8 cm³/mol. The number of halogens is 4. The number of carbonyl (C=O) groups is 2. The number of carboxylic acids is 1. The lowest BCUT2D eigenvalue weighted by molar-refractivity contribution is -0.274. The van der Waals surface area contributed by atoms with Crippen LogP contribution in [0.5, 0.6) is 5.75 Å². The fourth-order valence-electron chi connectivity index (χ4n) is 1.71. The molecule has 21 heavy (non-hydrogen) atoms. The average molecular weight is 368 g/mol. The van der Waals surface area contributed by atoms with Gasteiger partial charge in [-0.25, -0.2) is 0 Å². The summed E-state index contributed by atoms with van der Waals surface area (Å²) in [4.78, 5) is 22.9. The number of rotatable bonds is 4. The van der Waals surface area contributed by atoms with Crippen molar-refractivity contribution in [2.75, 3.05) is 5.32 Å². The summed E-state index contributed by atoms with van der Waals surface area (Å²) in [5, 5.41) is 11.2. The molecule has 0 spiro atoms. The van der Waals surface area contributed by atoms with Crippen LogP contribution in [0.25, 0.3) is 0 Å². The topological polar surface area (TPSA) is 75.6 Å². The first-order chi connectivity index (χ1) is 9.64. The van der Waals surface area contributed by atoms with Crippen LogP contribution < -0.4 is 10.1 Å². The molecule has 0 unspecified atom stereocenters. The maximum Gasteiger partial charge on any atom is 0.573 e. The van der Waals surface area contributed by atoms with Crippen molar-refractivity contribution in [2.24, 2.45) is 5.41 Å². The highest BCUT2D eigenvalue weighted by molar-refractivity contribution is 9.10. The Balaban J connectivity index is 2.24. The predicted octanol–water partition coefficient (Wildman–Crippen LogP) is 3.15. The number of anilines is 1. The van der Waals surface area contributed by atoms with Crippen LogP contribution in [0, 0.1) is 5.41 Å². The van der Waals surface area contributed by atoms with Gasteiger partial charge in [0.2, 0.25) is 5.91 Å². The first-order valence-corrected chi connectivity index (χ1v) is 6.53. The molecule has 5 nitrogen and oxygen atoms in total. The van der Waals surface area contributed by atoms with Crippen LogP contribution in [0.4, 0.5) is 18.9 Å². The van der Waals surface area contributed by atoms with E-state index in [1.54, 1.807) is 0 Å². The Labute approximate surface area is 125 Å². The van der Waals surface area contributed by atoms with E-state index in [1.807, 2.05) is 0 Å². The van der Waals surface area contributed by atoms with Crippen LogP contribution >= 0.6 is 15.9 Å². The lowest BCUT2D eigenvalue weighted by Crippen LogP contribution is -2.31. The van der Waals surface area contributed by atoms with Crippen molar-refractivity contribution in [3.05, 3.63) is 22.7 Å². The van der Waals surface area contributed by atoms with Gasteiger partial charge in [-0.1, -0.05) is 15.9 Å². The van der Waals surface area contributed by atoms with Gasteiger partial charge in [0.25, 0.3) is 0 Å². The SMILES string of the molecule is O=C(O)C1(C(=O)Nc2ccc(Br)cc2OC(F)(F)F)CC1. The molecule has 1 aromatic rings. The Kier molecular flexibility index (Phi) is 3.87. The zero-order valence-corrected chi connectivity index (χ0v) is 11.9. The second kappa shape index (κ2) is 5.21. The summed E-state index contributed by atoms with van der Waals surface area (Å²) >= 11 is 2.99. The van der Waals surface area contributed by atoms with E-state index in [0.29, 0.717) is 4.47 Å². The summed E-state index contributed by atoms with van der Waals surface area (Å²) in [6.07, 6.45) is -4.62. The van der Waals surface area contributed by atoms with Crippen LogP contribution in [0.2, 0.25) is 0 Å². The second-order valence-corrected chi connectivity index (χ2v) is 5.45. The van der Waals surface area contributed by atoms with E-state index in [4.69, 9.17) is 5.11 Å². The zero-order chi connectivity index (χ0) is 15.8. The van der Waals surface area contributed by atoms with Gasteiger partial charge in [0, 0.05) is 4.47 Å². The summed E-state index contributed by atoms with van der Waals surface area (Å²) in [6.45, 7) is 0. The third-order valence-electron chi connectivity index (χ3n) is 3.01. The number of hydrogen-bond acceptors (Lipinski definition) is 3. The number of hydrogen-bond donors (Lipinski definition) is 2. The minimum Gasteiger partial charge on any atom is -0.480 e. The first-order valence-electron chi connectivity index (χ1n) is 5.74. The van der Waals surface area contributed by atoms with Gasteiger partial charge < -0.3 is 15.2 Å². The lowest BCUT2D eigenvalue weighted by atomic mass is 10.1. The van der Waals surface area contributed by atoms with Crippen LogP contribution in [0.1, 0.15) is 12.8 Å². The molecule has 0 bridgehead atoms. The molecule has 0 saturated heterocycles. The molecule has 0 aromatic heterocycles. The van der Waals surface area contributed by atoms with E-state index in [-0.39, 0.29) is 18.5 Å². The van der Waals surface area contributed by atoms with Crippen molar-refractivity contribution < 1.29 is 32.6 Å². The van der Waals surface area contributed by atoms with Crippen LogP contribution in [-0.2, 0) is 9.59 Å². The molecule has 1 fully saturated rings. The van der Waals surface area contributed by atoms with Crippen molar-refractivity contribution in [3.8, 4) is 5.75 Å². The molecule has 0 aliphatic heterocycles. The monoisotopic (exact) mass is 367 g/mol. The van der Waals surface area contributed by atoms with E-state index in [0.717, 1.165) is 6.07 Å². The third kappa shape index (κ3) is 3.46. The van der Waals surface area contributed by atoms with E-state index in [2.05, 4.69) is 26.0 Å². The largest absolute Gasteiger partial charge is 0.573 e. The van der Waals surface area contributed by atoms with Gasteiger partial charge in [-0.15, -0.1) is 13.2 Å². The molecule has 2 N–H and O–H groups in total. The van der Waals surface area contributed by atoms with Crippen molar-refractivity contribution in [1.29, 1.82) is 0 Å². The summed E-state index contributed by atoms with van der Waals surface area (Å²) < 4.78 is 41.1. The average Bonchev–Trinajstić information content (AvgIpc) is 3.11. The van der Waals surface area contributed by atoms with Gasteiger partial charge in [-0.3, -0.25) is 9.59 Å². The summed E-state index contributed by atoms with van der Waals surface area (Å²) in [5.74, 6) is -2.77. The Morgan fingerprint density at radius 1 is 1.33 bits per heavy atom. The van der Waals surface area contributed by atoms with Crippen molar-refractivity contribution in [1.82, 2.24) is 0 Å². The Morgan fingerprint density at radius 3 is 2.43 bits per heavy atom. The van der Waals surface area contributed by atoms with Gasteiger partial charge in [0.05, 0.1) is 5.69 Å². The van der Waals surface area contributed by atoms with E-state index >= 15 is 0 Å². The van der Waals surface area contributed by atoms with Crippen LogP contribution in [0.15, 0.2) is 22.7 Å². The first kappa shape index (κ1) is 15.6. The summed E-state index contributed by atoms with van der Waals surface area (Å²) in [6, 6.07) is 3.63. The number of amides is 1. The molecule has 1 aliphatic carbocycles. The molecule has 0 radical (unpaired) electrons. The zero-order valence-electron chi connectivity index (χ0n) is 10.3. The van der Waals surface area contributed by atoms with Gasteiger partial charge in [0.1, 0.15) is 5.41 Å².